The molecule has 7 heteroatoms. The maximum Gasteiger partial charge on any atom is 0.264 e. The highest BCUT2D eigenvalue weighted by molar-refractivity contribution is 7.92. The van der Waals surface area contributed by atoms with Gasteiger partial charge in [0.2, 0.25) is 5.91 Å². The molecule has 5 nitrogen and oxygen atoms in total. The standard InChI is InChI=1S/C24H25ClN2O3S/c1-16-11-17(2)13-21(12-16)26-24(28)15-27(22-8-5-18(3)19(4)14-22)31(29,30)23-9-6-20(25)7-10-23/h5-14H,15H2,1-4H3,(H,26,28). The second kappa shape index (κ2) is 9.12. The van der Waals surface area contributed by atoms with Gasteiger partial charge in [0, 0.05) is 10.7 Å². The van der Waals surface area contributed by atoms with Crippen LogP contribution in [0.4, 0.5) is 11.4 Å². The average Bonchev–Trinajstić information content (AvgIpc) is 2.68. The summed E-state index contributed by atoms with van der Waals surface area (Å²) in [7, 11) is -3.99. The third-order valence-corrected chi connectivity index (χ3v) is 7.01. The van der Waals surface area contributed by atoms with Gasteiger partial charge in [-0.2, -0.15) is 0 Å². The summed E-state index contributed by atoms with van der Waals surface area (Å²) >= 11 is 5.92. The van der Waals surface area contributed by atoms with Gasteiger partial charge in [0.15, 0.2) is 0 Å². The van der Waals surface area contributed by atoms with E-state index in [1.807, 2.05) is 52.0 Å². The molecule has 0 aliphatic heterocycles. The second-order valence-corrected chi connectivity index (χ2v) is 9.96. The van der Waals surface area contributed by atoms with Crippen molar-refractivity contribution in [3.63, 3.8) is 0 Å². The number of nitrogens with one attached hydrogen (secondary N) is 1. The van der Waals surface area contributed by atoms with Crippen molar-refractivity contribution in [2.45, 2.75) is 32.6 Å². The van der Waals surface area contributed by atoms with Crippen molar-refractivity contribution in [1.29, 1.82) is 0 Å². The Balaban J connectivity index is 1.98. The van der Waals surface area contributed by atoms with Crippen molar-refractivity contribution in [1.82, 2.24) is 0 Å². The van der Waals surface area contributed by atoms with Crippen LogP contribution >= 0.6 is 11.6 Å². The highest BCUT2D eigenvalue weighted by Gasteiger charge is 2.27. The van der Waals surface area contributed by atoms with Crippen molar-refractivity contribution in [3.05, 3.63) is 87.9 Å². The summed E-state index contributed by atoms with van der Waals surface area (Å²) in [5, 5.41) is 3.25. The molecule has 0 unspecified atom stereocenters. The molecule has 0 radical (unpaired) electrons. The highest BCUT2D eigenvalue weighted by Crippen LogP contribution is 2.27. The Hall–Kier alpha value is -2.83. The highest BCUT2D eigenvalue weighted by atomic mass is 35.5. The van der Waals surface area contributed by atoms with Crippen LogP contribution in [-0.4, -0.2) is 20.9 Å². The molecule has 3 rings (SSSR count). The molecule has 0 aromatic heterocycles. The van der Waals surface area contributed by atoms with Crippen LogP contribution in [0.25, 0.3) is 0 Å². The molecule has 0 atom stereocenters. The molecule has 31 heavy (non-hydrogen) atoms. The number of benzene rings is 3. The zero-order chi connectivity index (χ0) is 22.8. The van der Waals surface area contributed by atoms with Gasteiger partial charge in [0.25, 0.3) is 10.0 Å². The fraction of sp³-hybridized carbons (Fsp3) is 0.208. The Kier molecular flexibility index (Phi) is 6.72. The number of halogens is 1. The van der Waals surface area contributed by atoms with Crippen molar-refractivity contribution in [2.75, 3.05) is 16.2 Å². The van der Waals surface area contributed by atoms with E-state index in [9.17, 15) is 13.2 Å². The average molecular weight is 457 g/mol. The third-order valence-electron chi connectivity index (χ3n) is 4.97. The number of hydrogen-bond donors (Lipinski definition) is 1. The largest absolute Gasteiger partial charge is 0.324 e. The Labute approximate surface area is 188 Å². The van der Waals surface area contributed by atoms with Gasteiger partial charge in [-0.3, -0.25) is 9.10 Å². The van der Waals surface area contributed by atoms with Crippen molar-refractivity contribution >= 4 is 38.9 Å². The van der Waals surface area contributed by atoms with Gasteiger partial charge in [-0.25, -0.2) is 8.42 Å². The summed E-state index contributed by atoms with van der Waals surface area (Å²) in [5.41, 5.74) is 5.04. The summed E-state index contributed by atoms with van der Waals surface area (Å²) in [6.45, 7) is 7.37. The van der Waals surface area contributed by atoms with E-state index in [-0.39, 0.29) is 11.4 Å². The summed E-state index contributed by atoms with van der Waals surface area (Å²) in [6, 6.07) is 16.9. The Morgan fingerprint density at radius 3 is 2.06 bits per heavy atom. The zero-order valence-corrected chi connectivity index (χ0v) is 19.5. The van der Waals surface area contributed by atoms with E-state index in [0.717, 1.165) is 26.6 Å². The predicted octanol–water partition coefficient (Wildman–Crippen LogP) is 5.41. The topological polar surface area (TPSA) is 66.5 Å². The van der Waals surface area contributed by atoms with Crippen molar-refractivity contribution < 1.29 is 13.2 Å². The smallest absolute Gasteiger partial charge is 0.264 e. The number of anilines is 2. The fourth-order valence-corrected chi connectivity index (χ4v) is 4.85. The van der Waals surface area contributed by atoms with Gasteiger partial charge in [-0.05, 0) is 98.5 Å². The fourth-order valence-electron chi connectivity index (χ4n) is 3.31. The van der Waals surface area contributed by atoms with Crippen LogP contribution in [0.5, 0.6) is 0 Å². The molecule has 1 amide bonds. The van der Waals surface area contributed by atoms with Crippen LogP contribution in [0.1, 0.15) is 22.3 Å². The lowest BCUT2D eigenvalue weighted by atomic mass is 10.1. The number of nitrogens with zero attached hydrogens (tertiary/aromatic N) is 1. The molecule has 0 spiro atoms. The molecule has 0 bridgehead atoms. The first-order valence-corrected chi connectivity index (χ1v) is 11.6. The minimum absolute atomic E-state index is 0.0642. The SMILES string of the molecule is Cc1cc(C)cc(NC(=O)CN(c2ccc(C)c(C)c2)S(=O)(=O)c2ccc(Cl)cc2)c1. The van der Waals surface area contributed by atoms with E-state index in [1.54, 1.807) is 12.1 Å². The van der Waals surface area contributed by atoms with E-state index in [2.05, 4.69) is 5.32 Å². The van der Waals surface area contributed by atoms with Crippen molar-refractivity contribution in [2.24, 2.45) is 0 Å². The molecule has 0 saturated carbocycles. The van der Waals surface area contributed by atoms with Gasteiger partial charge in [0.05, 0.1) is 10.6 Å². The molecule has 162 valence electrons. The number of sulfonamides is 1. The van der Waals surface area contributed by atoms with Crippen LogP contribution < -0.4 is 9.62 Å². The Morgan fingerprint density at radius 2 is 1.48 bits per heavy atom. The number of aryl methyl sites for hydroxylation is 4. The zero-order valence-electron chi connectivity index (χ0n) is 17.9. The van der Waals surface area contributed by atoms with E-state index >= 15 is 0 Å². The summed E-state index contributed by atoms with van der Waals surface area (Å²) in [6.07, 6.45) is 0. The van der Waals surface area contributed by atoms with Crippen LogP contribution in [0.15, 0.2) is 65.6 Å². The first kappa shape index (κ1) is 22.8. The quantitative estimate of drug-likeness (QED) is 0.539. The number of amides is 1. The van der Waals surface area contributed by atoms with Gasteiger partial charge >= 0.3 is 0 Å². The van der Waals surface area contributed by atoms with Crippen molar-refractivity contribution in [3.8, 4) is 0 Å². The lowest BCUT2D eigenvalue weighted by Gasteiger charge is -2.25. The van der Waals surface area contributed by atoms with Crippen LogP contribution in [0, 0.1) is 27.7 Å². The third kappa shape index (κ3) is 5.46. The maximum atomic E-state index is 13.4. The molecule has 1 N–H and O–H groups in total. The number of hydrogen-bond acceptors (Lipinski definition) is 3. The van der Waals surface area contributed by atoms with E-state index in [0.29, 0.717) is 16.4 Å². The van der Waals surface area contributed by atoms with Crippen LogP contribution in [0.3, 0.4) is 0 Å². The van der Waals surface area contributed by atoms with Gasteiger partial charge in [-0.15, -0.1) is 0 Å². The Morgan fingerprint density at radius 1 is 0.871 bits per heavy atom. The first-order chi connectivity index (χ1) is 14.6. The molecular weight excluding hydrogens is 432 g/mol. The van der Waals surface area contributed by atoms with Gasteiger partial charge in [-0.1, -0.05) is 23.7 Å². The molecule has 0 fully saturated rings. The normalized spacial score (nSPS) is 11.3. The van der Waals surface area contributed by atoms with Gasteiger partial charge < -0.3 is 5.32 Å². The molecule has 0 aliphatic carbocycles. The second-order valence-electron chi connectivity index (χ2n) is 7.66. The molecule has 0 heterocycles. The molecule has 3 aromatic rings. The summed E-state index contributed by atoms with van der Waals surface area (Å²) in [4.78, 5) is 12.9. The Bertz CT molecular complexity index is 1200. The monoisotopic (exact) mass is 456 g/mol. The predicted molar refractivity (Wildman–Crippen MR) is 126 cm³/mol. The minimum atomic E-state index is -3.99. The van der Waals surface area contributed by atoms with E-state index in [4.69, 9.17) is 11.6 Å². The van der Waals surface area contributed by atoms with E-state index in [1.165, 1.54) is 24.3 Å². The minimum Gasteiger partial charge on any atom is -0.324 e. The lowest BCUT2D eigenvalue weighted by molar-refractivity contribution is -0.114. The van der Waals surface area contributed by atoms with Crippen LogP contribution in [-0.2, 0) is 14.8 Å². The summed E-state index contributed by atoms with van der Waals surface area (Å²) in [5.74, 6) is -0.430. The van der Waals surface area contributed by atoms with E-state index < -0.39 is 15.9 Å². The lowest BCUT2D eigenvalue weighted by Crippen LogP contribution is -2.38. The van der Waals surface area contributed by atoms with Crippen LogP contribution in [0.2, 0.25) is 5.02 Å². The first-order valence-electron chi connectivity index (χ1n) is 9.80. The summed E-state index contributed by atoms with van der Waals surface area (Å²) < 4.78 is 28.0. The number of carbonyl (C=O) groups excluding carboxylic acids is 1. The number of carbonyl (C=O) groups is 1. The maximum absolute atomic E-state index is 13.4. The molecule has 0 saturated heterocycles. The number of rotatable bonds is 6. The molecular formula is C24H25ClN2O3S. The molecule has 3 aromatic carbocycles. The molecule has 0 aliphatic rings. The van der Waals surface area contributed by atoms with Gasteiger partial charge in [0.1, 0.15) is 6.54 Å².